The molecule has 3 heteroatoms. The van der Waals surface area contributed by atoms with E-state index in [9.17, 15) is 0 Å². The molecule has 3 nitrogen and oxygen atoms in total. The highest BCUT2D eigenvalue weighted by atomic mass is 16.5. The van der Waals surface area contributed by atoms with Gasteiger partial charge in [-0.3, -0.25) is 0 Å². The zero-order chi connectivity index (χ0) is 13.2. The Balaban J connectivity index is 3.45. The summed E-state index contributed by atoms with van der Waals surface area (Å²) in [6, 6.07) is 4.00. The molecular formula is C14H23NO2. The Morgan fingerprint density at radius 3 is 1.94 bits per heavy atom. The van der Waals surface area contributed by atoms with E-state index in [1.54, 1.807) is 14.2 Å². The average molecular weight is 237 g/mol. The fraction of sp³-hybridized carbons (Fsp3) is 0.571. The minimum Gasteiger partial charge on any atom is -0.496 e. The van der Waals surface area contributed by atoms with Gasteiger partial charge in [0.1, 0.15) is 11.5 Å². The summed E-state index contributed by atoms with van der Waals surface area (Å²) in [7, 11) is 3.33. The smallest absolute Gasteiger partial charge is 0.127 e. The lowest BCUT2D eigenvalue weighted by atomic mass is 9.89. The van der Waals surface area contributed by atoms with Crippen molar-refractivity contribution >= 4 is 0 Å². The van der Waals surface area contributed by atoms with Gasteiger partial charge >= 0.3 is 0 Å². The molecule has 0 aromatic heterocycles. The molecule has 1 aromatic carbocycles. The molecule has 2 N–H and O–H groups in total. The number of hydrogen-bond donors (Lipinski definition) is 1. The van der Waals surface area contributed by atoms with Crippen LogP contribution in [0.5, 0.6) is 11.5 Å². The zero-order valence-corrected chi connectivity index (χ0v) is 11.6. The van der Waals surface area contributed by atoms with E-state index in [0.29, 0.717) is 5.92 Å². The van der Waals surface area contributed by atoms with Crippen LogP contribution in [0.2, 0.25) is 0 Å². The van der Waals surface area contributed by atoms with Crippen LogP contribution in [0.15, 0.2) is 12.1 Å². The third-order valence-corrected chi connectivity index (χ3v) is 2.87. The highest BCUT2D eigenvalue weighted by Crippen LogP contribution is 2.37. The van der Waals surface area contributed by atoms with Gasteiger partial charge in [0, 0.05) is 17.2 Å². The van der Waals surface area contributed by atoms with Crippen LogP contribution in [0.3, 0.4) is 0 Å². The van der Waals surface area contributed by atoms with Crippen LogP contribution >= 0.6 is 0 Å². The zero-order valence-electron chi connectivity index (χ0n) is 11.6. The summed E-state index contributed by atoms with van der Waals surface area (Å²) in [6.07, 6.45) is 0. The van der Waals surface area contributed by atoms with Crippen LogP contribution in [0.4, 0.5) is 0 Å². The molecule has 0 aliphatic heterocycles. The molecule has 0 aliphatic carbocycles. The number of rotatable bonds is 4. The maximum Gasteiger partial charge on any atom is 0.127 e. The lowest BCUT2D eigenvalue weighted by molar-refractivity contribution is 0.377. The van der Waals surface area contributed by atoms with Gasteiger partial charge in [0.2, 0.25) is 0 Å². The number of hydrogen-bond acceptors (Lipinski definition) is 3. The van der Waals surface area contributed by atoms with E-state index < -0.39 is 5.54 Å². The molecule has 0 heterocycles. The van der Waals surface area contributed by atoms with E-state index in [0.717, 1.165) is 22.6 Å². The van der Waals surface area contributed by atoms with Gasteiger partial charge in [-0.1, -0.05) is 13.8 Å². The molecule has 1 rings (SSSR count). The standard InChI is InChI=1S/C14H23NO2/c1-9(2)10-7-11(14(3,4)15)13(17-6)8-12(10)16-5/h7-9H,15H2,1-6H3. The number of nitrogens with two attached hydrogens (primary N) is 1. The molecule has 0 atom stereocenters. The summed E-state index contributed by atoms with van der Waals surface area (Å²) in [5.74, 6) is 2.01. The van der Waals surface area contributed by atoms with E-state index in [1.807, 2.05) is 19.9 Å². The van der Waals surface area contributed by atoms with Crippen LogP contribution in [-0.2, 0) is 5.54 Å². The molecular weight excluding hydrogens is 214 g/mol. The molecule has 0 aliphatic rings. The van der Waals surface area contributed by atoms with Gasteiger partial charge in [0.05, 0.1) is 14.2 Å². The maximum atomic E-state index is 6.17. The number of methoxy groups -OCH3 is 2. The van der Waals surface area contributed by atoms with Crippen LogP contribution in [0.1, 0.15) is 44.7 Å². The molecule has 0 bridgehead atoms. The van der Waals surface area contributed by atoms with Crippen molar-refractivity contribution in [3.05, 3.63) is 23.3 Å². The second-order valence-electron chi connectivity index (χ2n) is 5.17. The molecule has 0 saturated heterocycles. The third kappa shape index (κ3) is 2.91. The first-order valence-electron chi connectivity index (χ1n) is 5.86. The second kappa shape index (κ2) is 4.96. The first-order valence-corrected chi connectivity index (χ1v) is 5.86. The lowest BCUT2D eigenvalue weighted by Gasteiger charge is -2.25. The Hall–Kier alpha value is -1.22. The Kier molecular flexibility index (Phi) is 4.04. The second-order valence-corrected chi connectivity index (χ2v) is 5.17. The molecule has 0 unspecified atom stereocenters. The Morgan fingerprint density at radius 1 is 1.06 bits per heavy atom. The quantitative estimate of drug-likeness (QED) is 0.875. The van der Waals surface area contributed by atoms with Crippen LogP contribution in [-0.4, -0.2) is 14.2 Å². The Labute approximate surface area is 104 Å². The van der Waals surface area contributed by atoms with Gasteiger partial charge in [-0.05, 0) is 31.4 Å². The summed E-state index contributed by atoms with van der Waals surface area (Å²) in [6.45, 7) is 8.22. The average Bonchev–Trinajstić information content (AvgIpc) is 2.25. The van der Waals surface area contributed by atoms with Crippen molar-refractivity contribution in [2.75, 3.05) is 14.2 Å². The van der Waals surface area contributed by atoms with Gasteiger partial charge in [-0.25, -0.2) is 0 Å². The predicted octanol–water partition coefficient (Wildman–Crippen LogP) is 3.02. The van der Waals surface area contributed by atoms with Crippen LogP contribution in [0.25, 0.3) is 0 Å². The van der Waals surface area contributed by atoms with Crippen molar-refractivity contribution in [1.29, 1.82) is 0 Å². The lowest BCUT2D eigenvalue weighted by Crippen LogP contribution is -2.29. The summed E-state index contributed by atoms with van der Waals surface area (Å²) in [4.78, 5) is 0. The monoisotopic (exact) mass is 237 g/mol. The molecule has 0 saturated carbocycles. The van der Waals surface area contributed by atoms with Gasteiger partial charge in [0.25, 0.3) is 0 Å². The molecule has 17 heavy (non-hydrogen) atoms. The summed E-state index contributed by atoms with van der Waals surface area (Å²) in [5.41, 5.74) is 7.90. The van der Waals surface area contributed by atoms with E-state index in [2.05, 4.69) is 19.9 Å². The molecule has 0 fully saturated rings. The SMILES string of the molecule is COc1cc(OC)c(C(C)(C)N)cc1C(C)C. The minimum atomic E-state index is -0.429. The van der Waals surface area contributed by atoms with Crippen molar-refractivity contribution in [2.24, 2.45) is 5.73 Å². The summed E-state index contributed by atoms with van der Waals surface area (Å²) in [5, 5.41) is 0. The first kappa shape index (κ1) is 13.8. The molecule has 0 amide bonds. The maximum absolute atomic E-state index is 6.17. The van der Waals surface area contributed by atoms with Gasteiger partial charge in [-0.2, -0.15) is 0 Å². The number of benzene rings is 1. The molecule has 0 radical (unpaired) electrons. The van der Waals surface area contributed by atoms with E-state index in [-0.39, 0.29) is 0 Å². The highest BCUT2D eigenvalue weighted by molar-refractivity contribution is 5.50. The Bertz CT molecular complexity index is 392. The summed E-state index contributed by atoms with van der Waals surface area (Å²) < 4.78 is 10.8. The van der Waals surface area contributed by atoms with Gasteiger partial charge < -0.3 is 15.2 Å². The highest BCUT2D eigenvalue weighted by Gasteiger charge is 2.22. The fourth-order valence-electron chi connectivity index (χ4n) is 1.88. The molecule has 96 valence electrons. The van der Waals surface area contributed by atoms with E-state index >= 15 is 0 Å². The Morgan fingerprint density at radius 2 is 1.59 bits per heavy atom. The van der Waals surface area contributed by atoms with Gasteiger partial charge in [-0.15, -0.1) is 0 Å². The molecule has 1 aromatic rings. The van der Waals surface area contributed by atoms with Crippen molar-refractivity contribution in [2.45, 2.75) is 39.2 Å². The normalized spacial score (nSPS) is 11.8. The number of ether oxygens (including phenoxy) is 2. The third-order valence-electron chi connectivity index (χ3n) is 2.87. The van der Waals surface area contributed by atoms with Crippen molar-refractivity contribution in [3.63, 3.8) is 0 Å². The predicted molar refractivity (Wildman–Crippen MR) is 70.8 cm³/mol. The van der Waals surface area contributed by atoms with Crippen LogP contribution < -0.4 is 15.2 Å². The van der Waals surface area contributed by atoms with Crippen molar-refractivity contribution < 1.29 is 9.47 Å². The van der Waals surface area contributed by atoms with Crippen molar-refractivity contribution in [1.82, 2.24) is 0 Å². The minimum absolute atomic E-state index is 0.386. The topological polar surface area (TPSA) is 44.5 Å². The summed E-state index contributed by atoms with van der Waals surface area (Å²) >= 11 is 0. The van der Waals surface area contributed by atoms with Crippen molar-refractivity contribution in [3.8, 4) is 11.5 Å². The largest absolute Gasteiger partial charge is 0.496 e. The van der Waals surface area contributed by atoms with Crippen LogP contribution in [0, 0.1) is 0 Å². The fourth-order valence-corrected chi connectivity index (χ4v) is 1.88. The van der Waals surface area contributed by atoms with E-state index in [4.69, 9.17) is 15.2 Å². The van der Waals surface area contributed by atoms with E-state index in [1.165, 1.54) is 0 Å². The molecule has 0 spiro atoms. The van der Waals surface area contributed by atoms with Gasteiger partial charge in [0.15, 0.2) is 0 Å². The first-order chi connectivity index (χ1) is 7.81.